The van der Waals surface area contributed by atoms with Gasteiger partial charge in [0.2, 0.25) is 0 Å². The third-order valence-electron chi connectivity index (χ3n) is 2.90. The molecule has 0 fully saturated rings. The van der Waals surface area contributed by atoms with Gasteiger partial charge in [-0.05, 0) is 23.3 Å². The Labute approximate surface area is 121 Å². The highest BCUT2D eigenvalue weighted by molar-refractivity contribution is 6.31. The maximum absolute atomic E-state index is 13.7. The second-order valence-corrected chi connectivity index (χ2v) is 5.18. The Morgan fingerprint density at radius 2 is 1.47 bits per heavy atom. The van der Waals surface area contributed by atoms with Crippen LogP contribution in [0.2, 0.25) is 10.0 Å². The lowest BCUT2D eigenvalue weighted by Gasteiger charge is -2.12. The van der Waals surface area contributed by atoms with Crippen molar-refractivity contribution in [2.75, 3.05) is 0 Å². The van der Waals surface area contributed by atoms with Crippen LogP contribution in [0, 0.1) is 5.82 Å². The molecule has 2 aromatic rings. The molecule has 100 valence electrons. The Hall–Kier alpha value is -1.09. The van der Waals surface area contributed by atoms with Crippen LogP contribution in [0.25, 0.3) is 0 Å². The SMILES string of the molecule is OC(Cc1ccccc1Cl)Cc1cccc(Cl)c1F. The Morgan fingerprint density at radius 1 is 0.895 bits per heavy atom. The van der Waals surface area contributed by atoms with Crippen LogP contribution < -0.4 is 0 Å². The highest BCUT2D eigenvalue weighted by atomic mass is 35.5. The molecule has 0 aromatic heterocycles. The number of aliphatic hydroxyl groups is 1. The van der Waals surface area contributed by atoms with Gasteiger partial charge in [0.25, 0.3) is 0 Å². The Bertz CT molecular complexity index is 572. The van der Waals surface area contributed by atoms with Crippen LogP contribution in [0.4, 0.5) is 4.39 Å². The lowest BCUT2D eigenvalue weighted by molar-refractivity contribution is 0.174. The van der Waals surface area contributed by atoms with Gasteiger partial charge < -0.3 is 5.11 Å². The maximum Gasteiger partial charge on any atom is 0.145 e. The molecule has 1 nitrogen and oxygen atoms in total. The molecule has 0 aliphatic carbocycles. The summed E-state index contributed by atoms with van der Waals surface area (Å²) in [5.74, 6) is -0.470. The summed E-state index contributed by atoms with van der Waals surface area (Å²) in [6.07, 6.45) is -0.114. The minimum atomic E-state index is -0.701. The summed E-state index contributed by atoms with van der Waals surface area (Å²) in [6.45, 7) is 0. The molecule has 19 heavy (non-hydrogen) atoms. The number of hydrogen-bond donors (Lipinski definition) is 1. The van der Waals surface area contributed by atoms with Gasteiger partial charge in [0.05, 0.1) is 11.1 Å². The van der Waals surface area contributed by atoms with E-state index in [1.807, 2.05) is 18.2 Å². The first-order chi connectivity index (χ1) is 9.08. The summed E-state index contributed by atoms with van der Waals surface area (Å²) in [4.78, 5) is 0. The van der Waals surface area contributed by atoms with Gasteiger partial charge in [-0.3, -0.25) is 0 Å². The van der Waals surface area contributed by atoms with Gasteiger partial charge in [0.1, 0.15) is 5.82 Å². The number of hydrogen-bond acceptors (Lipinski definition) is 1. The fourth-order valence-corrected chi connectivity index (χ4v) is 2.36. The summed E-state index contributed by atoms with van der Waals surface area (Å²) in [7, 11) is 0. The molecular formula is C15H13Cl2FO. The first-order valence-corrected chi connectivity index (χ1v) is 6.68. The third-order valence-corrected chi connectivity index (χ3v) is 3.56. The predicted molar refractivity (Wildman–Crippen MR) is 76.3 cm³/mol. The van der Waals surface area contributed by atoms with Gasteiger partial charge in [0.15, 0.2) is 0 Å². The molecule has 0 aliphatic heterocycles. The van der Waals surface area contributed by atoms with Crippen molar-refractivity contribution in [3.8, 4) is 0 Å². The molecule has 0 radical (unpaired) electrons. The van der Waals surface area contributed by atoms with Crippen LogP contribution in [0.3, 0.4) is 0 Å². The van der Waals surface area contributed by atoms with Crippen LogP contribution in [0.5, 0.6) is 0 Å². The lowest BCUT2D eigenvalue weighted by Crippen LogP contribution is -2.15. The molecule has 0 amide bonds. The number of rotatable bonds is 4. The van der Waals surface area contributed by atoms with Crippen molar-refractivity contribution >= 4 is 23.2 Å². The van der Waals surface area contributed by atoms with Crippen molar-refractivity contribution in [1.29, 1.82) is 0 Å². The minimum Gasteiger partial charge on any atom is -0.392 e. The summed E-state index contributed by atoms with van der Waals surface area (Å²) in [5, 5.41) is 10.7. The van der Waals surface area contributed by atoms with Crippen LogP contribution in [0.1, 0.15) is 11.1 Å². The zero-order valence-corrected chi connectivity index (χ0v) is 11.6. The molecule has 0 aliphatic rings. The first kappa shape index (κ1) is 14.3. The molecule has 0 spiro atoms. The van der Waals surface area contributed by atoms with E-state index in [9.17, 15) is 9.50 Å². The fraction of sp³-hybridized carbons (Fsp3) is 0.200. The van der Waals surface area contributed by atoms with Crippen LogP contribution in [-0.2, 0) is 12.8 Å². The van der Waals surface area contributed by atoms with Crippen molar-refractivity contribution in [2.24, 2.45) is 0 Å². The predicted octanol–water partition coefficient (Wildman–Crippen LogP) is 4.28. The van der Waals surface area contributed by atoms with E-state index in [0.29, 0.717) is 17.0 Å². The summed E-state index contributed by atoms with van der Waals surface area (Å²) < 4.78 is 13.7. The molecule has 0 saturated carbocycles. The second-order valence-electron chi connectivity index (χ2n) is 4.37. The van der Waals surface area contributed by atoms with Crippen LogP contribution >= 0.6 is 23.2 Å². The van der Waals surface area contributed by atoms with Crippen molar-refractivity contribution in [3.63, 3.8) is 0 Å². The Morgan fingerprint density at radius 3 is 2.21 bits per heavy atom. The van der Waals surface area contributed by atoms with E-state index in [0.717, 1.165) is 5.56 Å². The van der Waals surface area contributed by atoms with Gasteiger partial charge in [-0.1, -0.05) is 53.5 Å². The molecule has 0 bridgehead atoms. The van der Waals surface area contributed by atoms with Gasteiger partial charge in [-0.2, -0.15) is 0 Å². The number of benzene rings is 2. The van der Waals surface area contributed by atoms with E-state index >= 15 is 0 Å². The molecule has 1 N–H and O–H groups in total. The van der Waals surface area contributed by atoms with Gasteiger partial charge >= 0.3 is 0 Å². The molecule has 1 atom stereocenters. The quantitative estimate of drug-likeness (QED) is 0.893. The van der Waals surface area contributed by atoms with E-state index in [1.165, 1.54) is 6.07 Å². The second kappa shape index (κ2) is 6.38. The molecule has 0 heterocycles. The highest BCUT2D eigenvalue weighted by Gasteiger charge is 2.13. The van der Waals surface area contributed by atoms with E-state index in [2.05, 4.69) is 0 Å². The first-order valence-electron chi connectivity index (χ1n) is 5.92. The van der Waals surface area contributed by atoms with Crippen LogP contribution in [-0.4, -0.2) is 11.2 Å². The van der Waals surface area contributed by atoms with Crippen molar-refractivity contribution in [2.45, 2.75) is 18.9 Å². The molecule has 4 heteroatoms. The molecule has 2 aromatic carbocycles. The molecule has 2 rings (SSSR count). The standard InChI is InChI=1S/C15H13Cl2FO/c16-13-6-2-1-4-10(13)8-12(19)9-11-5-3-7-14(17)15(11)18/h1-7,12,19H,8-9H2. The average molecular weight is 299 g/mol. The van der Waals surface area contributed by atoms with Gasteiger partial charge in [-0.25, -0.2) is 4.39 Å². The largest absolute Gasteiger partial charge is 0.392 e. The zero-order chi connectivity index (χ0) is 13.8. The normalized spacial score (nSPS) is 12.4. The zero-order valence-electron chi connectivity index (χ0n) is 10.1. The lowest BCUT2D eigenvalue weighted by atomic mass is 10.0. The van der Waals surface area contributed by atoms with E-state index in [4.69, 9.17) is 23.2 Å². The fourth-order valence-electron chi connectivity index (χ4n) is 1.95. The summed E-state index contributed by atoms with van der Waals surface area (Å²) >= 11 is 11.7. The number of aliphatic hydroxyl groups excluding tert-OH is 1. The van der Waals surface area contributed by atoms with Crippen molar-refractivity contribution in [3.05, 3.63) is 69.5 Å². The minimum absolute atomic E-state index is 0.0717. The smallest absolute Gasteiger partial charge is 0.145 e. The Kier molecular flexibility index (Phi) is 4.81. The van der Waals surface area contributed by atoms with E-state index in [-0.39, 0.29) is 11.4 Å². The summed E-state index contributed by atoms with van der Waals surface area (Å²) in [5.41, 5.74) is 1.26. The molecular weight excluding hydrogens is 286 g/mol. The van der Waals surface area contributed by atoms with E-state index < -0.39 is 11.9 Å². The topological polar surface area (TPSA) is 20.2 Å². The Balaban J connectivity index is 2.08. The third kappa shape index (κ3) is 3.69. The van der Waals surface area contributed by atoms with E-state index in [1.54, 1.807) is 18.2 Å². The summed E-state index contributed by atoms with van der Waals surface area (Å²) in [6, 6.07) is 12.1. The van der Waals surface area contributed by atoms with Gasteiger partial charge in [0, 0.05) is 17.9 Å². The number of halogens is 3. The molecule has 1 unspecified atom stereocenters. The van der Waals surface area contributed by atoms with Gasteiger partial charge in [-0.15, -0.1) is 0 Å². The highest BCUT2D eigenvalue weighted by Crippen LogP contribution is 2.21. The monoisotopic (exact) mass is 298 g/mol. The average Bonchev–Trinajstić information content (AvgIpc) is 2.38. The molecule has 0 saturated heterocycles. The van der Waals surface area contributed by atoms with Crippen molar-refractivity contribution in [1.82, 2.24) is 0 Å². The van der Waals surface area contributed by atoms with Crippen molar-refractivity contribution < 1.29 is 9.50 Å². The maximum atomic E-state index is 13.7. The van der Waals surface area contributed by atoms with Crippen LogP contribution in [0.15, 0.2) is 42.5 Å².